The molecule has 0 bridgehead atoms. The summed E-state index contributed by atoms with van der Waals surface area (Å²) in [6.07, 6.45) is 5.11. The molecule has 23 heavy (non-hydrogen) atoms. The summed E-state index contributed by atoms with van der Waals surface area (Å²) in [7, 11) is 0. The molecule has 2 aromatic heterocycles. The minimum atomic E-state index is -0.691. The van der Waals surface area contributed by atoms with Crippen molar-refractivity contribution in [3.63, 3.8) is 0 Å². The van der Waals surface area contributed by atoms with Gasteiger partial charge in [-0.15, -0.1) is 0 Å². The van der Waals surface area contributed by atoms with Crippen molar-refractivity contribution < 1.29 is 18.9 Å². The van der Waals surface area contributed by atoms with Gasteiger partial charge < -0.3 is 14.5 Å². The molecule has 8 nitrogen and oxygen atoms in total. The minimum absolute atomic E-state index is 0.100. The van der Waals surface area contributed by atoms with E-state index in [1.807, 2.05) is 0 Å². The summed E-state index contributed by atoms with van der Waals surface area (Å²) in [6, 6.07) is 5.94. The number of nitrogens with zero attached hydrogens (tertiary/aromatic N) is 2. The Kier molecular flexibility index (Phi) is 4.22. The first-order chi connectivity index (χ1) is 11.1. The monoisotopic (exact) mass is 317 g/mol. The highest BCUT2D eigenvalue weighted by Crippen LogP contribution is 2.24. The first-order valence-electron chi connectivity index (χ1n) is 7.26. The van der Waals surface area contributed by atoms with E-state index >= 15 is 0 Å². The molecular weight excluding hydrogens is 302 g/mol. The molecule has 2 heterocycles. The Labute approximate surface area is 131 Å². The van der Waals surface area contributed by atoms with Crippen LogP contribution in [0.2, 0.25) is 0 Å². The molecule has 0 atom stereocenters. The maximum atomic E-state index is 11.9. The molecule has 3 rings (SSSR count). The molecule has 8 heteroatoms. The van der Waals surface area contributed by atoms with E-state index in [1.54, 1.807) is 18.3 Å². The molecule has 120 valence electrons. The summed E-state index contributed by atoms with van der Waals surface area (Å²) in [5, 5.41) is 13.2. The Bertz CT molecular complexity index is 723. The molecule has 0 radical (unpaired) electrons. The third kappa shape index (κ3) is 3.65. The third-order valence-corrected chi connectivity index (χ3v) is 3.59. The lowest BCUT2D eigenvalue weighted by Crippen LogP contribution is -2.25. The SMILES string of the molecule is O=C(NCc1ccnc(OC2CCC2)c1)c1ccc([N+](=O)[O-])o1. The van der Waals surface area contributed by atoms with Crippen molar-refractivity contribution in [2.24, 2.45) is 0 Å². The van der Waals surface area contributed by atoms with Crippen LogP contribution in [0.1, 0.15) is 35.4 Å². The zero-order valence-electron chi connectivity index (χ0n) is 12.2. The highest BCUT2D eigenvalue weighted by molar-refractivity contribution is 5.91. The fourth-order valence-electron chi connectivity index (χ4n) is 2.10. The molecule has 0 spiro atoms. The van der Waals surface area contributed by atoms with Crippen LogP contribution in [-0.4, -0.2) is 21.9 Å². The predicted molar refractivity (Wildman–Crippen MR) is 79.0 cm³/mol. The molecule has 1 N–H and O–H groups in total. The number of rotatable bonds is 6. The number of pyridine rings is 1. The van der Waals surface area contributed by atoms with Crippen LogP contribution in [0.5, 0.6) is 5.88 Å². The van der Waals surface area contributed by atoms with E-state index in [4.69, 9.17) is 9.15 Å². The average molecular weight is 317 g/mol. The van der Waals surface area contributed by atoms with E-state index in [2.05, 4.69) is 10.3 Å². The average Bonchev–Trinajstić information content (AvgIpc) is 2.99. The molecule has 1 fully saturated rings. The van der Waals surface area contributed by atoms with Crippen molar-refractivity contribution in [1.82, 2.24) is 10.3 Å². The van der Waals surface area contributed by atoms with Gasteiger partial charge in [-0.05, 0) is 37.0 Å². The molecule has 1 aliphatic rings. The number of carbonyl (C=O) groups is 1. The standard InChI is InChI=1S/C15H15N3O5/c19-15(12-4-5-14(23-12)18(20)21)17-9-10-6-7-16-13(8-10)22-11-2-1-3-11/h4-8,11H,1-3,9H2,(H,17,19). The van der Waals surface area contributed by atoms with Gasteiger partial charge in [0, 0.05) is 18.8 Å². The van der Waals surface area contributed by atoms with Crippen LogP contribution >= 0.6 is 0 Å². The van der Waals surface area contributed by atoms with Crippen LogP contribution < -0.4 is 10.1 Å². The van der Waals surface area contributed by atoms with E-state index in [1.165, 1.54) is 12.5 Å². The van der Waals surface area contributed by atoms with Crippen molar-refractivity contribution in [3.8, 4) is 5.88 Å². The fraction of sp³-hybridized carbons (Fsp3) is 0.333. The zero-order chi connectivity index (χ0) is 16.2. The number of nitro groups is 1. The Hall–Kier alpha value is -2.90. The lowest BCUT2D eigenvalue weighted by Gasteiger charge is -2.25. The van der Waals surface area contributed by atoms with Crippen LogP contribution in [0, 0.1) is 10.1 Å². The van der Waals surface area contributed by atoms with Crippen LogP contribution in [0.4, 0.5) is 5.88 Å². The number of amides is 1. The first kappa shape index (κ1) is 15.0. The van der Waals surface area contributed by atoms with E-state index in [9.17, 15) is 14.9 Å². The molecule has 1 amide bonds. The Morgan fingerprint density at radius 1 is 1.43 bits per heavy atom. The van der Waals surface area contributed by atoms with Gasteiger partial charge in [-0.25, -0.2) is 4.98 Å². The van der Waals surface area contributed by atoms with Crippen molar-refractivity contribution in [2.45, 2.75) is 31.9 Å². The normalized spacial score (nSPS) is 14.1. The van der Waals surface area contributed by atoms with Gasteiger partial charge in [-0.1, -0.05) is 0 Å². The van der Waals surface area contributed by atoms with Crippen molar-refractivity contribution in [2.75, 3.05) is 0 Å². The predicted octanol–water partition coefficient (Wildman–Crippen LogP) is 2.44. The van der Waals surface area contributed by atoms with Gasteiger partial charge in [0.15, 0.2) is 5.76 Å². The molecule has 0 aliphatic heterocycles. The van der Waals surface area contributed by atoms with Gasteiger partial charge in [0.1, 0.15) is 11.0 Å². The van der Waals surface area contributed by atoms with E-state index in [-0.39, 0.29) is 18.4 Å². The lowest BCUT2D eigenvalue weighted by molar-refractivity contribution is -0.402. The largest absolute Gasteiger partial charge is 0.474 e. The second kappa shape index (κ2) is 6.47. The number of nitrogens with one attached hydrogen (secondary N) is 1. The number of ether oxygens (including phenoxy) is 1. The Balaban J connectivity index is 1.57. The number of hydrogen-bond acceptors (Lipinski definition) is 6. The smallest absolute Gasteiger partial charge is 0.433 e. The van der Waals surface area contributed by atoms with Crippen LogP contribution in [0.15, 0.2) is 34.9 Å². The number of hydrogen-bond donors (Lipinski definition) is 1. The quantitative estimate of drug-likeness (QED) is 0.647. The van der Waals surface area contributed by atoms with Gasteiger partial charge in [0.25, 0.3) is 5.91 Å². The van der Waals surface area contributed by atoms with Gasteiger partial charge in [-0.3, -0.25) is 14.9 Å². The van der Waals surface area contributed by atoms with Crippen LogP contribution in [0.3, 0.4) is 0 Å². The molecular formula is C15H15N3O5. The second-order valence-electron chi connectivity index (χ2n) is 5.25. The summed E-state index contributed by atoms with van der Waals surface area (Å²) in [4.78, 5) is 25.9. The summed E-state index contributed by atoms with van der Waals surface area (Å²) in [5.41, 5.74) is 0.823. The summed E-state index contributed by atoms with van der Waals surface area (Å²) >= 11 is 0. The van der Waals surface area contributed by atoms with E-state index in [0.29, 0.717) is 5.88 Å². The van der Waals surface area contributed by atoms with Crippen molar-refractivity contribution in [3.05, 3.63) is 51.9 Å². The molecule has 0 unspecified atom stereocenters. The van der Waals surface area contributed by atoms with Crippen LogP contribution in [-0.2, 0) is 6.54 Å². The summed E-state index contributed by atoms with van der Waals surface area (Å²) in [5.74, 6) is -0.543. The lowest BCUT2D eigenvalue weighted by atomic mass is 9.96. The number of aromatic nitrogens is 1. The van der Waals surface area contributed by atoms with Crippen molar-refractivity contribution in [1.29, 1.82) is 0 Å². The minimum Gasteiger partial charge on any atom is -0.474 e. The highest BCUT2D eigenvalue weighted by atomic mass is 16.6. The molecule has 1 aliphatic carbocycles. The first-order valence-corrected chi connectivity index (χ1v) is 7.26. The summed E-state index contributed by atoms with van der Waals surface area (Å²) < 4.78 is 10.5. The zero-order valence-corrected chi connectivity index (χ0v) is 12.2. The number of carbonyl (C=O) groups excluding carboxylic acids is 1. The molecule has 0 aromatic carbocycles. The highest BCUT2D eigenvalue weighted by Gasteiger charge is 2.20. The maximum absolute atomic E-state index is 11.9. The Morgan fingerprint density at radius 3 is 2.91 bits per heavy atom. The Morgan fingerprint density at radius 2 is 2.26 bits per heavy atom. The topological polar surface area (TPSA) is 108 Å². The van der Waals surface area contributed by atoms with Gasteiger partial charge in [0.2, 0.25) is 5.88 Å². The molecule has 1 saturated carbocycles. The van der Waals surface area contributed by atoms with Gasteiger partial charge >= 0.3 is 5.88 Å². The second-order valence-corrected chi connectivity index (χ2v) is 5.25. The van der Waals surface area contributed by atoms with E-state index in [0.717, 1.165) is 24.5 Å². The van der Waals surface area contributed by atoms with E-state index < -0.39 is 16.7 Å². The van der Waals surface area contributed by atoms with Crippen LogP contribution in [0.25, 0.3) is 0 Å². The van der Waals surface area contributed by atoms with Gasteiger partial charge in [0.05, 0.1) is 6.07 Å². The number of furan rings is 1. The van der Waals surface area contributed by atoms with Crippen molar-refractivity contribution >= 4 is 11.8 Å². The molecule has 0 saturated heterocycles. The third-order valence-electron chi connectivity index (χ3n) is 3.59. The van der Waals surface area contributed by atoms with Gasteiger partial charge in [-0.2, -0.15) is 0 Å². The fourth-order valence-corrected chi connectivity index (χ4v) is 2.10. The molecule has 2 aromatic rings. The summed E-state index contributed by atoms with van der Waals surface area (Å²) in [6.45, 7) is 0.247. The maximum Gasteiger partial charge on any atom is 0.433 e.